The summed E-state index contributed by atoms with van der Waals surface area (Å²) in [7, 11) is 0. The number of piperidine rings is 1. The first-order chi connectivity index (χ1) is 9.20. The molecule has 4 heteroatoms. The van der Waals surface area contributed by atoms with Crippen molar-refractivity contribution in [2.75, 3.05) is 24.5 Å². The number of carboxylic acid groups (broad SMARTS) is 1. The maximum atomic E-state index is 10.7. The topological polar surface area (TPSA) is 66.6 Å². The van der Waals surface area contributed by atoms with Gasteiger partial charge >= 0.3 is 5.97 Å². The molecule has 0 aromatic heterocycles. The Balaban J connectivity index is 2.11. The van der Waals surface area contributed by atoms with Crippen molar-refractivity contribution in [3.63, 3.8) is 0 Å². The number of hydrogen-bond donors (Lipinski definition) is 2. The van der Waals surface area contributed by atoms with E-state index in [0.29, 0.717) is 12.3 Å². The molecule has 4 nitrogen and oxygen atoms in total. The minimum absolute atomic E-state index is 0.186. The van der Waals surface area contributed by atoms with Crippen LogP contribution < -0.4 is 10.6 Å². The third-order valence-electron chi connectivity index (χ3n) is 3.79. The van der Waals surface area contributed by atoms with E-state index in [1.807, 2.05) is 18.2 Å². The summed E-state index contributed by atoms with van der Waals surface area (Å²) >= 11 is 0. The number of benzene rings is 1. The van der Waals surface area contributed by atoms with Crippen LogP contribution in [0.1, 0.15) is 24.8 Å². The Morgan fingerprint density at radius 1 is 1.42 bits per heavy atom. The van der Waals surface area contributed by atoms with Crippen molar-refractivity contribution in [3.05, 3.63) is 29.8 Å². The molecule has 1 aliphatic rings. The van der Waals surface area contributed by atoms with E-state index in [1.54, 1.807) is 0 Å². The van der Waals surface area contributed by atoms with Crippen LogP contribution >= 0.6 is 0 Å². The molecule has 3 N–H and O–H groups in total. The largest absolute Gasteiger partial charge is 0.481 e. The molecule has 1 aromatic carbocycles. The molecule has 1 fully saturated rings. The Labute approximate surface area is 114 Å². The van der Waals surface area contributed by atoms with Gasteiger partial charge in [-0.15, -0.1) is 0 Å². The molecule has 1 aliphatic heterocycles. The number of rotatable bonds is 5. The molecule has 1 atom stereocenters. The second-order valence-corrected chi connectivity index (χ2v) is 5.21. The van der Waals surface area contributed by atoms with E-state index in [-0.39, 0.29) is 6.42 Å². The highest BCUT2D eigenvalue weighted by Crippen LogP contribution is 2.26. The van der Waals surface area contributed by atoms with Crippen molar-refractivity contribution >= 4 is 11.7 Å². The zero-order valence-electron chi connectivity index (χ0n) is 11.2. The van der Waals surface area contributed by atoms with E-state index >= 15 is 0 Å². The molecule has 0 bridgehead atoms. The summed E-state index contributed by atoms with van der Waals surface area (Å²) in [6.07, 6.45) is 3.14. The SMILES string of the molecule is NCC1CCCN(c2ccccc2CCC(=O)O)C1. The fraction of sp³-hybridized carbons (Fsp3) is 0.533. The van der Waals surface area contributed by atoms with Gasteiger partial charge < -0.3 is 15.7 Å². The fourth-order valence-corrected chi connectivity index (χ4v) is 2.75. The highest BCUT2D eigenvalue weighted by molar-refractivity contribution is 5.68. The number of carbonyl (C=O) groups is 1. The lowest BCUT2D eigenvalue weighted by atomic mass is 9.96. The molecule has 0 spiro atoms. The molecule has 19 heavy (non-hydrogen) atoms. The normalized spacial score (nSPS) is 19.4. The van der Waals surface area contributed by atoms with Crippen molar-refractivity contribution in [2.24, 2.45) is 11.7 Å². The van der Waals surface area contributed by atoms with Crippen LogP contribution in [0.4, 0.5) is 5.69 Å². The summed E-state index contributed by atoms with van der Waals surface area (Å²) in [5.74, 6) is -0.186. The summed E-state index contributed by atoms with van der Waals surface area (Å²) in [5.41, 5.74) is 8.09. The molecule has 2 rings (SSSR count). The quantitative estimate of drug-likeness (QED) is 0.850. The van der Waals surface area contributed by atoms with E-state index in [4.69, 9.17) is 10.8 Å². The molecule has 0 radical (unpaired) electrons. The monoisotopic (exact) mass is 262 g/mol. The molecule has 0 amide bonds. The number of para-hydroxylation sites is 1. The average Bonchev–Trinajstić information content (AvgIpc) is 2.45. The average molecular weight is 262 g/mol. The molecule has 0 saturated carbocycles. The first-order valence-corrected chi connectivity index (χ1v) is 6.95. The van der Waals surface area contributed by atoms with E-state index in [0.717, 1.165) is 31.6 Å². The second-order valence-electron chi connectivity index (χ2n) is 5.21. The van der Waals surface area contributed by atoms with Crippen LogP contribution in [0.2, 0.25) is 0 Å². The minimum atomic E-state index is -0.742. The molecule has 1 heterocycles. The van der Waals surface area contributed by atoms with Crippen molar-refractivity contribution in [2.45, 2.75) is 25.7 Å². The number of aliphatic carboxylic acids is 1. The summed E-state index contributed by atoms with van der Waals surface area (Å²) < 4.78 is 0. The van der Waals surface area contributed by atoms with Crippen LogP contribution in [0.5, 0.6) is 0 Å². The lowest BCUT2D eigenvalue weighted by Gasteiger charge is -2.35. The Morgan fingerprint density at radius 3 is 2.95 bits per heavy atom. The number of nitrogens with two attached hydrogens (primary N) is 1. The lowest BCUT2D eigenvalue weighted by Crippen LogP contribution is -2.38. The standard InChI is InChI=1S/C15H22N2O2/c16-10-12-4-3-9-17(11-12)14-6-2-1-5-13(14)7-8-15(18)19/h1-2,5-6,12H,3-4,7-11,16H2,(H,18,19). The predicted octanol–water partition coefficient (Wildman–Crippen LogP) is 1.88. The Morgan fingerprint density at radius 2 is 2.21 bits per heavy atom. The Bertz CT molecular complexity index is 434. The van der Waals surface area contributed by atoms with E-state index in [9.17, 15) is 4.79 Å². The minimum Gasteiger partial charge on any atom is -0.481 e. The predicted molar refractivity (Wildman–Crippen MR) is 76.4 cm³/mol. The first kappa shape index (κ1) is 13.9. The maximum absolute atomic E-state index is 10.7. The van der Waals surface area contributed by atoms with Gasteiger partial charge in [-0.1, -0.05) is 18.2 Å². The molecule has 0 aliphatic carbocycles. The summed E-state index contributed by atoms with van der Waals surface area (Å²) in [6, 6.07) is 8.12. The third-order valence-corrected chi connectivity index (χ3v) is 3.79. The van der Waals surface area contributed by atoms with Gasteiger partial charge in [0.25, 0.3) is 0 Å². The third kappa shape index (κ3) is 3.70. The van der Waals surface area contributed by atoms with Gasteiger partial charge in [-0.05, 0) is 43.4 Å². The number of carboxylic acids is 1. The fourth-order valence-electron chi connectivity index (χ4n) is 2.75. The van der Waals surface area contributed by atoms with Crippen molar-refractivity contribution in [1.29, 1.82) is 0 Å². The van der Waals surface area contributed by atoms with Gasteiger partial charge in [-0.2, -0.15) is 0 Å². The molecular formula is C15H22N2O2. The number of nitrogens with zero attached hydrogens (tertiary/aromatic N) is 1. The lowest BCUT2D eigenvalue weighted by molar-refractivity contribution is -0.136. The van der Waals surface area contributed by atoms with Crippen LogP contribution in [0.3, 0.4) is 0 Å². The Hall–Kier alpha value is -1.55. The molecule has 104 valence electrons. The van der Waals surface area contributed by atoms with Crippen LogP contribution in [-0.4, -0.2) is 30.7 Å². The van der Waals surface area contributed by atoms with E-state index in [2.05, 4.69) is 11.0 Å². The van der Waals surface area contributed by atoms with Crippen LogP contribution in [0.15, 0.2) is 24.3 Å². The number of aryl methyl sites for hydroxylation is 1. The highest BCUT2D eigenvalue weighted by atomic mass is 16.4. The van der Waals surface area contributed by atoms with Gasteiger partial charge in [-0.25, -0.2) is 0 Å². The summed E-state index contributed by atoms with van der Waals surface area (Å²) in [4.78, 5) is 13.1. The van der Waals surface area contributed by atoms with Crippen molar-refractivity contribution in [1.82, 2.24) is 0 Å². The van der Waals surface area contributed by atoms with Gasteiger partial charge in [0.2, 0.25) is 0 Å². The van der Waals surface area contributed by atoms with E-state index in [1.165, 1.54) is 12.1 Å². The molecule has 1 aromatic rings. The summed E-state index contributed by atoms with van der Waals surface area (Å²) in [6.45, 7) is 2.76. The van der Waals surface area contributed by atoms with Crippen LogP contribution in [0.25, 0.3) is 0 Å². The molecule has 1 unspecified atom stereocenters. The van der Waals surface area contributed by atoms with Gasteiger partial charge in [0.1, 0.15) is 0 Å². The van der Waals surface area contributed by atoms with E-state index < -0.39 is 5.97 Å². The zero-order valence-corrected chi connectivity index (χ0v) is 11.2. The van der Waals surface area contributed by atoms with Crippen LogP contribution in [0, 0.1) is 5.92 Å². The Kier molecular flexibility index (Phi) is 4.80. The van der Waals surface area contributed by atoms with Gasteiger partial charge in [0.05, 0.1) is 0 Å². The molecule has 1 saturated heterocycles. The van der Waals surface area contributed by atoms with Gasteiger partial charge in [-0.3, -0.25) is 4.79 Å². The summed E-state index contributed by atoms with van der Waals surface area (Å²) in [5, 5.41) is 8.83. The van der Waals surface area contributed by atoms with Gasteiger partial charge in [0.15, 0.2) is 0 Å². The number of anilines is 1. The van der Waals surface area contributed by atoms with Crippen LogP contribution in [-0.2, 0) is 11.2 Å². The first-order valence-electron chi connectivity index (χ1n) is 6.95. The second kappa shape index (κ2) is 6.57. The number of hydrogen-bond acceptors (Lipinski definition) is 3. The van der Waals surface area contributed by atoms with Crippen molar-refractivity contribution in [3.8, 4) is 0 Å². The van der Waals surface area contributed by atoms with Gasteiger partial charge in [0, 0.05) is 25.2 Å². The highest BCUT2D eigenvalue weighted by Gasteiger charge is 2.20. The molecular weight excluding hydrogens is 240 g/mol. The van der Waals surface area contributed by atoms with Crippen molar-refractivity contribution < 1.29 is 9.90 Å². The maximum Gasteiger partial charge on any atom is 0.303 e. The smallest absolute Gasteiger partial charge is 0.303 e. The zero-order chi connectivity index (χ0) is 13.7.